The number of benzene rings is 1. The molecule has 2 aromatic rings. The van der Waals surface area contributed by atoms with E-state index in [2.05, 4.69) is 11.1 Å². The van der Waals surface area contributed by atoms with Crippen LogP contribution in [0, 0.1) is 13.8 Å². The smallest absolute Gasteiger partial charge is 0.130 e. The lowest BCUT2D eigenvalue weighted by atomic mass is 10.1. The van der Waals surface area contributed by atoms with Gasteiger partial charge in [0, 0.05) is 17.1 Å². The van der Waals surface area contributed by atoms with Crippen molar-refractivity contribution in [3.8, 4) is 5.75 Å². The molecule has 1 aromatic heterocycles. The van der Waals surface area contributed by atoms with Gasteiger partial charge >= 0.3 is 0 Å². The van der Waals surface area contributed by atoms with Crippen LogP contribution in [0.5, 0.6) is 5.75 Å². The molecule has 0 unspecified atom stereocenters. The van der Waals surface area contributed by atoms with Gasteiger partial charge in [-0.1, -0.05) is 34.8 Å². The molecule has 0 saturated heterocycles. The second-order valence-electron chi connectivity index (χ2n) is 4.09. The number of nitrogens with zero attached hydrogens (tertiary/aromatic N) is 1. The highest BCUT2D eigenvalue weighted by atomic mass is 35.5. The summed E-state index contributed by atoms with van der Waals surface area (Å²) in [5, 5.41) is 1.000. The lowest BCUT2D eigenvalue weighted by Gasteiger charge is -2.09. The third kappa shape index (κ3) is 3.15. The fourth-order valence-electron chi connectivity index (χ4n) is 1.75. The predicted octanol–water partition coefficient (Wildman–Crippen LogP) is 4.55. The molecule has 0 bridgehead atoms. The molecule has 4 heteroatoms. The van der Waals surface area contributed by atoms with Crippen molar-refractivity contribution in [3.05, 3.63) is 46.1 Å². The van der Waals surface area contributed by atoms with Crippen LogP contribution in [-0.2, 0) is 0 Å². The third-order valence-electron chi connectivity index (χ3n) is 2.53. The van der Waals surface area contributed by atoms with E-state index in [0.717, 1.165) is 22.3 Å². The number of aromatic nitrogens is 1. The first kappa shape index (κ1) is 13.2. The summed E-state index contributed by atoms with van der Waals surface area (Å²) in [4.78, 5) is 4.47. The van der Waals surface area contributed by atoms with Crippen molar-refractivity contribution in [1.29, 1.82) is 0 Å². The zero-order valence-electron chi connectivity index (χ0n) is 10.2. The summed E-state index contributed by atoms with van der Waals surface area (Å²) in [6, 6.07) is 8.00. The molecule has 0 aliphatic rings. The van der Waals surface area contributed by atoms with Gasteiger partial charge in [0.15, 0.2) is 0 Å². The molecule has 0 radical (unpaired) electrons. The molecule has 1 heterocycles. The zero-order chi connectivity index (χ0) is 13.1. The van der Waals surface area contributed by atoms with Crippen molar-refractivity contribution in [2.45, 2.75) is 13.8 Å². The normalized spacial score (nSPS) is 10.4. The summed E-state index contributed by atoms with van der Waals surface area (Å²) >= 11 is 11.1. The molecule has 0 aliphatic carbocycles. The number of halogens is 2. The Morgan fingerprint density at radius 1 is 1.28 bits per heavy atom. The standard InChI is InChI=1S/C14H13Cl2NO/c1-9-3-4-12-11(7-9)13(8-10(2)17-12)18-6-5-14(15)16/h3-5,7-8H,6H2,1-2H3. The lowest BCUT2D eigenvalue weighted by molar-refractivity contribution is 0.366. The Kier molecular flexibility index (Phi) is 4.10. The molecule has 94 valence electrons. The van der Waals surface area contributed by atoms with Crippen LogP contribution in [0.2, 0.25) is 0 Å². The van der Waals surface area contributed by atoms with Crippen molar-refractivity contribution in [2.75, 3.05) is 6.61 Å². The van der Waals surface area contributed by atoms with Crippen molar-refractivity contribution < 1.29 is 4.74 Å². The van der Waals surface area contributed by atoms with Gasteiger partial charge in [-0.15, -0.1) is 0 Å². The molecule has 18 heavy (non-hydrogen) atoms. The van der Waals surface area contributed by atoms with Crippen molar-refractivity contribution in [2.24, 2.45) is 0 Å². The van der Waals surface area contributed by atoms with Crippen LogP contribution in [0.1, 0.15) is 11.3 Å². The van der Waals surface area contributed by atoms with E-state index < -0.39 is 0 Å². The molecular formula is C14H13Cl2NO. The van der Waals surface area contributed by atoms with E-state index in [-0.39, 0.29) is 4.49 Å². The number of ether oxygens (including phenoxy) is 1. The first-order chi connectivity index (χ1) is 8.56. The summed E-state index contributed by atoms with van der Waals surface area (Å²) in [7, 11) is 0. The van der Waals surface area contributed by atoms with Gasteiger partial charge < -0.3 is 4.74 Å². The molecule has 0 fully saturated rings. The van der Waals surface area contributed by atoms with Crippen molar-refractivity contribution in [1.82, 2.24) is 4.98 Å². The summed E-state index contributed by atoms with van der Waals surface area (Å²) in [6.45, 7) is 4.32. The SMILES string of the molecule is Cc1ccc2nc(C)cc(OCC=C(Cl)Cl)c2c1. The average Bonchev–Trinajstić information content (AvgIpc) is 2.29. The second kappa shape index (κ2) is 5.59. The van der Waals surface area contributed by atoms with E-state index in [4.69, 9.17) is 27.9 Å². The van der Waals surface area contributed by atoms with Gasteiger partial charge in [-0.3, -0.25) is 4.98 Å². The minimum absolute atomic E-state index is 0.210. The van der Waals surface area contributed by atoms with Crippen LogP contribution < -0.4 is 4.74 Å². The van der Waals surface area contributed by atoms with Gasteiger partial charge in [-0.05, 0) is 32.1 Å². The van der Waals surface area contributed by atoms with Crippen LogP contribution in [0.3, 0.4) is 0 Å². The van der Waals surface area contributed by atoms with E-state index in [1.54, 1.807) is 6.08 Å². The Labute approximate surface area is 116 Å². The van der Waals surface area contributed by atoms with Gasteiger partial charge in [0.2, 0.25) is 0 Å². The maximum absolute atomic E-state index is 5.68. The molecule has 2 nitrogen and oxygen atoms in total. The molecule has 2 rings (SSSR count). The minimum atomic E-state index is 0.210. The molecule has 0 saturated carbocycles. The molecule has 0 amide bonds. The number of pyridine rings is 1. The maximum atomic E-state index is 5.68. The topological polar surface area (TPSA) is 22.1 Å². The van der Waals surface area contributed by atoms with Crippen molar-refractivity contribution in [3.63, 3.8) is 0 Å². The third-order valence-corrected chi connectivity index (χ3v) is 2.84. The zero-order valence-corrected chi connectivity index (χ0v) is 11.7. The van der Waals surface area contributed by atoms with E-state index in [9.17, 15) is 0 Å². The number of fused-ring (bicyclic) bond motifs is 1. The van der Waals surface area contributed by atoms with Crippen LogP contribution in [0.25, 0.3) is 10.9 Å². The van der Waals surface area contributed by atoms with E-state index in [1.807, 2.05) is 32.0 Å². The van der Waals surface area contributed by atoms with Crippen LogP contribution in [-0.4, -0.2) is 11.6 Å². The first-order valence-electron chi connectivity index (χ1n) is 5.58. The Balaban J connectivity index is 2.41. The number of rotatable bonds is 3. The molecule has 0 aliphatic heterocycles. The van der Waals surface area contributed by atoms with E-state index in [1.165, 1.54) is 5.56 Å². The highest BCUT2D eigenvalue weighted by Crippen LogP contribution is 2.26. The first-order valence-corrected chi connectivity index (χ1v) is 6.34. The number of hydrogen-bond acceptors (Lipinski definition) is 2. The fourth-order valence-corrected chi connectivity index (χ4v) is 1.87. The summed E-state index contributed by atoms with van der Waals surface area (Å²) < 4.78 is 5.89. The minimum Gasteiger partial charge on any atom is -0.489 e. The summed E-state index contributed by atoms with van der Waals surface area (Å²) in [5.41, 5.74) is 3.02. The van der Waals surface area contributed by atoms with Gasteiger partial charge in [0.1, 0.15) is 16.8 Å². The molecular weight excluding hydrogens is 269 g/mol. The Morgan fingerprint density at radius 3 is 2.78 bits per heavy atom. The summed E-state index contributed by atoms with van der Waals surface area (Å²) in [5.74, 6) is 0.798. The highest BCUT2D eigenvalue weighted by molar-refractivity contribution is 6.55. The van der Waals surface area contributed by atoms with Gasteiger partial charge in [-0.25, -0.2) is 0 Å². The van der Waals surface area contributed by atoms with Crippen molar-refractivity contribution >= 4 is 34.1 Å². The summed E-state index contributed by atoms with van der Waals surface area (Å²) in [6.07, 6.45) is 1.61. The van der Waals surface area contributed by atoms with E-state index >= 15 is 0 Å². The van der Waals surface area contributed by atoms with Gasteiger partial charge in [0.05, 0.1) is 5.52 Å². The Morgan fingerprint density at radius 2 is 2.06 bits per heavy atom. The number of aryl methyl sites for hydroxylation is 2. The number of hydrogen-bond donors (Lipinski definition) is 0. The quantitative estimate of drug-likeness (QED) is 0.824. The van der Waals surface area contributed by atoms with Crippen LogP contribution in [0.4, 0.5) is 0 Å². The molecule has 0 N–H and O–H groups in total. The highest BCUT2D eigenvalue weighted by Gasteiger charge is 2.05. The lowest BCUT2D eigenvalue weighted by Crippen LogP contribution is -1.97. The fraction of sp³-hybridized carbons (Fsp3) is 0.214. The predicted molar refractivity (Wildman–Crippen MR) is 76.5 cm³/mol. The largest absolute Gasteiger partial charge is 0.489 e. The van der Waals surface area contributed by atoms with Gasteiger partial charge in [-0.2, -0.15) is 0 Å². The second-order valence-corrected chi connectivity index (χ2v) is 5.10. The monoisotopic (exact) mass is 281 g/mol. The maximum Gasteiger partial charge on any atom is 0.130 e. The Bertz CT molecular complexity index is 604. The molecule has 0 atom stereocenters. The molecule has 0 spiro atoms. The van der Waals surface area contributed by atoms with Gasteiger partial charge in [0.25, 0.3) is 0 Å². The molecule has 1 aromatic carbocycles. The Hall–Kier alpha value is -1.25. The average molecular weight is 282 g/mol. The van der Waals surface area contributed by atoms with Crippen LogP contribution >= 0.6 is 23.2 Å². The van der Waals surface area contributed by atoms with E-state index in [0.29, 0.717) is 6.61 Å². The van der Waals surface area contributed by atoms with Crippen LogP contribution in [0.15, 0.2) is 34.8 Å².